The highest BCUT2D eigenvalue weighted by molar-refractivity contribution is 5.99. The lowest BCUT2D eigenvalue weighted by Gasteiger charge is -2.21. The van der Waals surface area contributed by atoms with E-state index in [4.69, 9.17) is 0 Å². The predicted molar refractivity (Wildman–Crippen MR) is 85.1 cm³/mol. The molecule has 0 radical (unpaired) electrons. The van der Waals surface area contributed by atoms with Crippen molar-refractivity contribution in [1.82, 2.24) is 0 Å². The van der Waals surface area contributed by atoms with Crippen LogP contribution in [0.15, 0.2) is 30.3 Å². The van der Waals surface area contributed by atoms with Crippen molar-refractivity contribution in [3.8, 4) is 11.1 Å². The van der Waals surface area contributed by atoms with Gasteiger partial charge in [0.2, 0.25) is 0 Å². The summed E-state index contributed by atoms with van der Waals surface area (Å²) in [5.74, 6) is -0.842. The maximum absolute atomic E-state index is 11.7. The molecule has 3 rings (SSSR count). The van der Waals surface area contributed by atoms with Gasteiger partial charge in [0.1, 0.15) is 0 Å². The van der Waals surface area contributed by atoms with Crippen LogP contribution in [0.3, 0.4) is 0 Å². The summed E-state index contributed by atoms with van der Waals surface area (Å²) in [5.41, 5.74) is 7.04. The number of hydrogen-bond donors (Lipinski definition) is 1. The summed E-state index contributed by atoms with van der Waals surface area (Å²) in [7, 11) is 0. The van der Waals surface area contributed by atoms with Gasteiger partial charge in [0.25, 0.3) is 0 Å². The van der Waals surface area contributed by atoms with Crippen LogP contribution in [0.5, 0.6) is 0 Å². The van der Waals surface area contributed by atoms with E-state index >= 15 is 0 Å². The van der Waals surface area contributed by atoms with Crippen LogP contribution in [0.2, 0.25) is 0 Å². The summed E-state index contributed by atoms with van der Waals surface area (Å²) in [6.07, 6.45) is 0.830. The fourth-order valence-corrected chi connectivity index (χ4v) is 3.08. The topological polar surface area (TPSA) is 37.3 Å². The molecule has 0 unspecified atom stereocenters. The molecule has 0 bridgehead atoms. The summed E-state index contributed by atoms with van der Waals surface area (Å²) in [5, 5.41) is 9.62. The number of rotatable bonds is 1. The SMILES string of the molecule is Cc1ccc2c(c1)Cc1cc(C(C)(C)C)cc(C(=O)O)c1-2. The van der Waals surface area contributed by atoms with Crippen LogP contribution in [0, 0.1) is 6.92 Å². The largest absolute Gasteiger partial charge is 0.478 e. The molecule has 2 nitrogen and oxygen atoms in total. The average Bonchev–Trinajstić information content (AvgIpc) is 2.73. The highest BCUT2D eigenvalue weighted by Gasteiger charge is 2.27. The summed E-state index contributed by atoms with van der Waals surface area (Å²) >= 11 is 0. The molecule has 1 aliphatic carbocycles. The minimum absolute atomic E-state index is 0.0517. The predicted octanol–water partition coefficient (Wildman–Crippen LogP) is 4.56. The molecule has 0 spiro atoms. The van der Waals surface area contributed by atoms with Crippen molar-refractivity contribution >= 4 is 5.97 Å². The van der Waals surface area contributed by atoms with Gasteiger partial charge in [-0.15, -0.1) is 0 Å². The lowest BCUT2D eigenvalue weighted by molar-refractivity contribution is 0.0697. The first-order valence-electron chi connectivity index (χ1n) is 7.28. The molecular formula is C19H20O2. The molecule has 0 aliphatic heterocycles. The number of aromatic carboxylic acids is 1. The van der Waals surface area contributed by atoms with Gasteiger partial charge in [-0.2, -0.15) is 0 Å². The number of benzene rings is 2. The van der Waals surface area contributed by atoms with Gasteiger partial charge in [-0.05, 0) is 47.1 Å². The number of carboxylic acids is 1. The van der Waals surface area contributed by atoms with Crippen LogP contribution in [-0.2, 0) is 11.8 Å². The fraction of sp³-hybridized carbons (Fsp3) is 0.316. The van der Waals surface area contributed by atoms with Crippen molar-refractivity contribution in [2.45, 2.75) is 39.5 Å². The first-order valence-corrected chi connectivity index (χ1v) is 7.28. The lowest BCUT2D eigenvalue weighted by Crippen LogP contribution is -2.13. The molecule has 0 fully saturated rings. The third-order valence-corrected chi connectivity index (χ3v) is 4.23. The quantitative estimate of drug-likeness (QED) is 0.709. The Morgan fingerprint density at radius 1 is 1.10 bits per heavy atom. The fourth-order valence-electron chi connectivity index (χ4n) is 3.08. The minimum atomic E-state index is -0.842. The van der Waals surface area contributed by atoms with E-state index in [2.05, 4.69) is 52.0 Å². The van der Waals surface area contributed by atoms with Crippen LogP contribution in [-0.4, -0.2) is 11.1 Å². The number of carbonyl (C=O) groups is 1. The summed E-state index contributed by atoms with van der Waals surface area (Å²) in [6, 6.07) is 10.3. The highest BCUT2D eigenvalue weighted by Crippen LogP contribution is 2.41. The first kappa shape index (κ1) is 13.9. The second-order valence-corrected chi connectivity index (χ2v) is 6.95. The standard InChI is InChI=1S/C19H20O2/c1-11-5-6-15-12(7-11)8-13-9-14(19(2,3)4)10-16(17(13)15)18(20)21/h5-7,9-10H,8H2,1-4H3,(H,20,21). The lowest BCUT2D eigenvalue weighted by atomic mass is 9.83. The normalized spacial score (nSPS) is 13.0. The zero-order valence-electron chi connectivity index (χ0n) is 12.9. The highest BCUT2D eigenvalue weighted by atomic mass is 16.4. The van der Waals surface area contributed by atoms with Crippen molar-refractivity contribution in [2.24, 2.45) is 0 Å². The molecule has 0 amide bonds. The molecule has 21 heavy (non-hydrogen) atoms. The third-order valence-electron chi connectivity index (χ3n) is 4.23. The summed E-state index contributed by atoms with van der Waals surface area (Å²) in [4.78, 5) is 11.7. The van der Waals surface area contributed by atoms with Crippen LogP contribution >= 0.6 is 0 Å². The number of hydrogen-bond acceptors (Lipinski definition) is 1. The molecule has 2 heteroatoms. The van der Waals surface area contributed by atoms with E-state index in [9.17, 15) is 9.90 Å². The zero-order valence-corrected chi connectivity index (χ0v) is 12.9. The van der Waals surface area contributed by atoms with Crippen molar-refractivity contribution in [2.75, 3.05) is 0 Å². The Hall–Kier alpha value is -2.09. The van der Waals surface area contributed by atoms with E-state index in [0.29, 0.717) is 5.56 Å². The van der Waals surface area contributed by atoms with Gasteiger partial charge >= 0.3 is 5.97 Å². The molecule has 0 heterocycles. The monoisotopic (exact) mass is 280 g/mol. The van der Waals surface area contributed by atoms with E-state index < -0.39 is 5.97 Å². The molecule has 0 aromatic heterocycles. The molecule has 1 N–H and O–H groups in total. The van der Waals surface area contributed by atoms with Crippen LogP contribution in [0.1, 0.15) is 53.4 Å². The van der Waals surface area contributed by atoms with Gasteiger partial charge in [0.15, 0.2) is 0 Å². The van der Waals surface area contributed by atoms with Gasteiger partial charge in [-0.1, -0.05) is 50.6 Å². The van der Waals surface area contributed by atoms with E-state index in [-0.39, 0.29) is 5.41 Å². The van der Waals surface area contributed by atoms with Crippen molar-refractivity contribution in [1.29, 1.82) is 0 Å². The Morgan fingerprint density at radius 3 is 2.43 bits per heavy atom. The number of fused-ring (bicyclic) bond motifs is 3. The molecule has 2 aromatic rings. The molecular weight excluding hydrogens is 260 g/mol. The Kier molecular flexibility index (Phi) is 2.94. The minimum Gasteiger partial charge on any atom is -0.478 e. The average molecular weight is 280 g/mol. The Balaban J connectivity index is 2.28. The Labute approximate surface area is 125 Å². The van der Waals surface area contributed by atoms with Crippen molar-refractivity contribution < 1.29 is 9.90 Å². The van der Waals surface area contributed by atoms with Gasteiger partial charge in [0, 0.05) is 5.56 Å². The molecule has 2 aromatic carbocycles. The smallest absolute Gasteiger partial charge is 0.336 e. The van der Waals surface area contributed by atoms with Crippen LogP contribution < -0.4 is 0 Å². The molecule has 108 valence electrons. The molecule has 0 saturated carbocycles. The first-order chi connectivity index (χ1) is 9.77. The van der Waals surface area contributed by atoms with Crippen molar-refractivity contribution in [3.05, 3.63) is 58.1 Å². The van der Waals surface area contributed by atoms with Gasteiger partial charge in [0.05, 0.1) is 5.56 Å². The third kappa shape index (κ3) is 2.25. The molecule has 1 aliphatic rings. The second-order valence-electron chi connectivity index (χ2n) is 6.95. The summed E-state index contributed by atoms with van der Waals surface area (Å²) in [6.45, 7) is 8.42. The van der Waals surface area contributed by atoms with E-state index in [1.807, 2.05) is 6.07 Å². The van der Waals surface area contributed by atoms with Crippen molar-refractivity contribution in [3.63, 3.8) is 0 Å². The van der Waals surface area contributed by atoms with Gasteiger partial charge < -0.3 is 5.11 Å². The van der Waals surface area contributed by atoms with Crippen LogP contribution in [0.4, 0.5) is 0 Å². The molecule has 0 saturated heterocycles. The van der Waals surface area contributed by atoms with E-state index in [1.165, 1.54) is 11.1 Å². The Bertz CT molecular complexity index is 749. The maximum Gasteiger partial charge on any atom is 0.336 e. The second kappa shape index (κ2) is 4.45. The number of aryl methyl sites for hydroxylation is 1. The molecule has 0 atom stereocenters. The van der Waals surface area contributed by atoms with Crippen LogP contribution in [0.25, 0.3) is 11.1 Å². The Morgan fingerprint density at radius 2 is 1.81 bits per heavy atom. The van der Waals surface area contributed by atoms with E-state index in [0.717, 1.165) is 28.7 Å². The van der Waals surface area contributed by atoms with Gasteiger partial charge in [-0.3, -0.25) is 0 Å². The zero-order chi connectivity index (χ0) is 15.4. The number of carboxylic acid groups (broad SMARTS) is 1. The van der Waals surface area contributed by atoms with E-state index in [1.54, 1.807) is 0 Å². The maximum atomic E-state index is 11.7. The van der Waals surface area contributed by atoms with Gasteiger partial charge in [-0.25, -0.2) is 4.79 Å². The summed E-state index contributed by atoms with van der Waals surface area (Å²) < 4.78 is 0.